The van der Waals surface area contributed by atoms with Crippen LogP contribution in [0, 0.1) is 47.1 Å². The van der Waals surface area contributed by atoms with Crippen molar-refractivity contribution in [3.05, 3.63) is 41.5 Å². The third-order valence-corrected chi connectivity index (χ3v) is 11.5. The monoisotopic (exact) mass is 556 g/mol. The summed E-state index contributed by atoms with van der Waals surface area (Å²) in [6.45, 7) is 5.17. The Kier molecular flexibility index (Phi) is 11.0. The predicted molar refractivity (Wildman–Crippen MR) is 160 cm³/mol. The summed E-state index contributed by atoms with van der Waals surface area (Å²) < 4.78 is 41.0. The smallest absolute Gasteiger partial charge is 0.200 e. The first-order valence-electron chi connectivity index (χ1n) is 16.9. The van der Waals surface area contributed by atoms with Crippen LogP contribution < -0.4 is 4.74 Å². The average Bonchev–Trinajstić information content (AvgIpc) is 3.01. The van der Waals surface area contributed by atoms with E-state index in [1.54, 1.807) is 19.1 Å². The molecule has 1 heterocycles. The number of hydrogen-bond acceptors (Lipinski definition) is 2. The van der Waals surface area contributed by atoms with Gasteiger partial charge in [-0.2, -0.15) is 4.39 Å². The van der Waals surface area contributed by atoms with Crippen molar-refractivity contribution in [3.63, 3.8) is 0 Å². The minimum Gasteiger partial charge on any atom is -0.491 e. The van der Waals surface area contributed by atoms with Gasteiger partial charge in [0.2, 0.25) is 5.82 Å². The Balaban J connectivity index is 1.01. The van der Waals surface area contributed by atoms with Gasteiger partial charge in [-0.3, -0.25) is 0 Å². The number of benzene rings is 1. The highest BCUT2D eigenvalue weighted by molar-refractivity contribution is 5.33. The van der Waals surface area contributed by atoms with Gasteiger partial charge in [0.15, 0.2) is 11.6 Å². The van der Waals surface area contributed by atoms with E-state index in [0.717, 1.165) is 56.0 Å². The summed E-state index contributed by atoms with van der Waals surface area (Å²) in [5.74, 6) is 3.59. The Bertz CT molecular complexity index is 928. The molecule has 0 N–H and O–H groups in total. The van der Waals surface area contributed by atoms with E-state index >= 15 is 0 Å². The second-order valence-electron chi connectivity index (χ2n) is 13.6. The van der Waals surface area contributed by atoms with Gasteiger partial charge in [0.05, 0.1) is 19.3 Å². The van der Waals surface area contributed by atoms with Crippen molar-refractivity contribution < 1.29 is 18.3 Å². The molecule has 0 aromatic heterocycles. The topological polar surface area (TPSA) is 18.5 Å². The van der Waals surface area contributed by atoms with Crippen LogP contribution in [0.5, 0.6) is 5.75 Å². The highest BCUT2D eigenvalue weighted by Crippen LogP contribution is 2.46. The lowest BCUT2D eigenvalue weighted by atomic mass is 9.67. The van der Waals surface area contributed by atoms with Crippen LogP contribution in [0.25, 0.3) is 0 Å². The minimum atomic E-state index is -0.828. The van der Waals surface area contributed by atoms with Crippen LogP contribution in [0.15, 0.2) is 24.3 Å². The van der Waals surface area contributed by atoms with E-state index in [0.29, 0.717) is 30.1 Å². The molecule has 1 aromatic rings. The standard InChI is InChI=1S/C36H54F2O2/c1-3-5-6-7-25-8-10-26(11-9-25)27-14-18-30(19-15-27)33-22-20-31(24-40-33)28-12-16-29(17-13-28)32-21-23-34(39-4-2)36(38)35(32)37/h3,5,21,23,25-31,33H,4,6-20,22,24H2,1-2H3. The van der Waals surface area contributed by atoms with Crippen molar-refractivity contribution >= 4 is 0 Å². The zero-order valence-electron chi connectivity index (χ0n) is 25.2. The van der Waals surface area contributed by atoms with Gasteiger partial charge < -0.3 is 9.47 Å². The number of halogens is 2. The molecule has 1 aromatic carbocycles. The largest absolute Gasteiger partial charge is 0.491 e. The van der Waals surface area contributed by atoms with E-state index in [-0.39, 0.29) is 11.7 Å². The molecule has 4 heteroatoms. The normalized spacial score (nSPS) is 35.6. The van der Waals surface area contributed by atoms with Crippen LogP contribution in [0.2, 0.25) is 0 Å². The van der Waals surface area contributed by atoms with Crippen molar-refractivity contribution in [2.45, 2.75) is 129 Å². The van der Waals surface area contributed by atoms with E-state index in [9.17, 15) is 8.78 Å². The molecule has 0 radical (unpaired) electrons. The molecule has 4 fully saturated rings. The van der Waals surface area contributed by atoms with E-state index < -0.39 is 11.6 Å². The van der Waals surface area contributed by atoms with Crippen LogP contribution in [-0.2, 0) is 4.74 Å². The Morgan fingerprint density at radius 2 is 1.35 bits per heavy atom. The number of rotatable bonds is 9. The Morgan fingerprint density at radius 3 is 1.98 bits per heavy atom. The van der Waals surface area contributed by atoms with Crippen molar-refractivity contribution in [1.82, 2.24) is 0 Å². The van der Waals surface area contributed by atoms with Gasteiger partial charge >= 0.3 is 0 Å². The Labute approximate surface area is 242 Å². The molecule has 5 rings (SSSR count). The summed E-state index contributed by atoms with van der Waals surface area (Å²) in [6.07, 6.45) is 25.7. The second kappa shape index (κ2) is 14.7. The molecule has 2 atom stereocenters. The fraction of sp³-hybridized carbons (Fsp3) is 0.778. The molecular weight excluding hydrogens is 502 g/mol. The molecule has 1 aliphatic heterocycles. The number of allylic oxidation sites excluding steroid dienone is 2. The zero-order valence-corrected chi connectivity index (χ0v) is 25.2. The van der Waals surface area contributed by atoms with Crippen LogP contribution in [0.4, 0.5) is 8.78 Å². The lowest BCUT2D eigenvalue weighted by molar-refractivity contribution is -0.0750. The fourth-order valence-electron chi connectivity index (χ4n) is 9.00. The van der Waals surface area contributed by atoms with Gasteiger partial charge in [0.1, 0.15) is 0 Å². The zero-order chi connectivity index (χ0) is 27.9. The van der Waals surface area contributed by atoms with Gasteiger partial charge in [-0.25, -0.2) is 4.39 Å². The molecule has 2 unspecified atom stereocenters. The fourth-order valence-corrected chi connectivity index (χ4v) is 9.00. The van der Waals surface area contributed by atoms with Crippen molar-refractivity contribution in [3.8, 4) is 5.75 Å². The molecule has 224 valence electrons. The molecule has 0 spiro atoms. The van der Waals surface area contributed by atoms with E-state index in [1.165, 1.54) is 77.0 Å². The first kappa shape index (κ1) is 30.1. The van der Waals surface area contributed by atoms with Crippen LogP contribution in [-0.4, -0.2) is 19.3 Å². The van der Waals surface area contributed by atoms with Gasteiger partial charge in [0, 0.05) is 0 Å². The summed E-state index contributed by atoms with van der Waals surface area (Å²) in [6, 6.07) is 3.35. The molecule has 40 heavy (non-hydrogen) atoms. The lowest BCUT2D eigenvalue weighted by Gasteiger charge is -2.43. The van der Waals surface area contributed by atoms with E-state index in [4.69, 9.17) is 9.47 Å². The van der Waals surface area contributed by atoms with Crippen molar-refractivity contribution in [2.75, 3.05) is 13.2 Å². The first-order valence-corrected chi connectivity index (χ1v) is 16.9. The van der Waals surface area contributed by atoms with Crippen molar-refractivity contribution in [2.24, 2.45) is 35.5 Å². The average molecular weight is 557 g/mol. The molecule has 1 saturated heterocycles. The Hall–Kier alpha value is -1.42. The summed E-state index contributed by atoms with van der Waals surface area (Å²) in [7, 11) is 0. The van der Waals surface area contributed by atoms with Gasteiger partial charge in [-0.05, 0) is 157 Å². The highest BCUT2D eigenvalue weighted by atomic mass is 19.2. The number of ether oxygens (including phenoxy) is 2. The van der Waals surface area contributed by atoms with Gasteiger partial charge in [0.25, 0.3) is 0 Å². The third-order valence-electron chi connectivity index (χ3n) is 11.5. The summed E-state index contributed by atoms with van der Waals surface area (Å²) in [4.78, 5) is 0. The third kappa shape index (κ3) is 7.31. The molecule has 4 aliphatic rings. The molecule has 0 amide bonds. The summed E-state index contributed by atoms with van der Waals surface area (Å²) >= 11 is 0. The van der Waals surface area contributed by atoms with Crippen LogP contribution in [0.3, 0.4) is 0 Å². The van der Waals surface area contributed by atoms with Gasteiger partial charge in [-0.1, -0.05) is 31.1 Å². The predicted octanol–water partition coefficient (Wildman–Crippen LogP) is 10.4. The van der Waals surface area contributed by atoms with Gasteiger partial charge in [-0.15, -0.1) is 0 Å². The lowest BCUT2D eigenvalue weighted by Crippen LogP contribution is -2.37. The summed E-state index contributed by atoms with van der Waals surface area (Å²) in [5.41, 5.74) is 0.535. The minimum absolute atomic E-state index is 0.0261. The molecule has 2 nitrogen and oxygen atoms in total. The number of hydrogen-bond donors (Lipinski definition) is 0. The Morgan fingerprint density at radius 1 is 0.750 bits per heavy atom. The SMILES string of the molecule is CC=CCCC1CCC(C2CCC(C3CCC(C4CCC(c5ccc(OCC)c(F)c5F)CC4)CO3)CC2)CC1. The van der Waals surface area contributed by atoms with Crippen molar-refractivity contribution in [1.29, 1.82) is 0 Å². The second-order valence-corrected chi connectivity index (χ2v) is 13.6. The van der Waals surface area contributed by atoms with Crippen LogP contribution in [0.1, 0.15) is 128 Å². The maximum absolute atomic E-state index is 14.8. The maximum atomic E-state index is 14.8. The van der Waals surface area contributed by atoms with E-state index in [2.05, 4.69) is 19.1 Å². The molecule has 0 bridgehead atoms. The van der Waals surface area contributed by atoms with Crippen LogP contribution >= 0.6 is 0 Å². The first-order chi connectivity index (χ1) is 19.6. The molecule has 3 aliphatic carbocycles. The molecule has 3 saturated carbocycles. The van der Waals surface area contributed by atoms with E-state index in [1.807, 2.05) is 0 Å². The highest BCUT2D eigenvalue weighted by Gasteiger charge is 2.37. The molecular formula is C36H54F2O2. The quantitative estimate of drug-likeness (QED) is 0.282. The summed E-state index contributed by atoms with van der Waals surface area (Å²) in [5, 5.41) is 0. The maximum Gasteiger partial charge on any atom is 0.200 e.